The Morgan fingerprint density at radius 3 is 0.909 bits per heavy atom. The van der Waals surface area contributed by atoms with Gasteiger partial charge in [0.15, 0.2) is 6.10 Å². The normalized spacial score (nSPS) is 14.2. The minimum Gasteiger partial charge on any atom is -0.462 e. The molecule has 2 unspecified atom stereocenters. The van der Waals surface area contributed by atoms with E-state index in [1.807, 2.05) is 21.1 Å². The molecule has 88 heavy (non-hydrogen) atoms. The molecule has 498 valence electrons. The summed E-state index contributed by atoms with van der Waals surface area (Å²) in [6.07, 6.45) is 102. The highest BCUT2D eigenvalue weighted by Crippen LogP contribution is 2.43. The molecule has 0 spiro atoms. The zero-order chi connectivity index (χ0) is 64.1. The Hall–Kier alpha value is -4.63. The fourth-order valence-electron chi connectivity index (χ4n) is 8.98. The number of allylic oxidation sites excluding steroid dienone is 28. The quantitative estimate of drug-likeness (QED) is 0.0211. The average molecular weight is 1240 g/mol. The molecule has 0 aliphatic heterocycles. The minimum absolute atomic E-state index is 0.0179. The van der Waals surface area contributed by atoms with Gasteiger partial charge < -0.3 is 18.9 Å². The third-order valence-electron chi connectivity index (χ3n) is 14.2. The number of quaternary nitrogens is 1. The maximum absolute atomic E-state index is 12.9. The standard InChI is InChI=1S/C78H128NO8P/c1-6-8-10-12-14-16-18-20-22-24-26-28-30-32-34-36-37-38-39-40-41-43-45-47-49-51-53-55-57-59-61-63-65-67-69-71-78(81)87-76(75-86-88(82,83)85-73-72-79(3,4)5)74-84-77(80)70-68-66-64-62-60-58-56-54-52-50-48-46-44-42-35-33-31-29-27-25-23-21-19-17-15-13-11-9-7-2/h8-11,14-17,20-23,26-29,32,34,37-38,40-41,45,47,51,53,57,59,76H,6-7,12-13,18-19,24-25,30-31,33,35-36,39,42-44,46,48-50,52,54-56,58,60-75H2,1-5H3/p+1/b10-8-,11-9-,16-14-,17-15-,22-20-,23-21-,28-26-,29-27-,34-32-,38-37-,41-40-,47-45-,53-51-,59-57-. The van der Waals surface area contributed by atoms with Crippen LogP contribution < -0.4 is 0 Å². The van der Waals surface area contributed by atoms with E-state index in [0.717, 1.165) is 135 Å². The van der Waals surface area contributed by atoms with Gasteiger partial charge in [-0.15, -0.1) is 0 Å². The van der Waals surface area contributed by atoms with Crippen molar-refractivity contribution in [2.75, 3.05) is 47.5 Å². The van der Waals surface area contributed by atoms with Crippen LogP contribution in [0.2, 0.25) is 0 Å². The fraction of sp³-hybridized carbons (Fsp3) is 0.615. The largest absolute Gasteiger partial charge is 0.472 e. The molecular weight excluding hydrogens is 1110 g/mol. The molecule has 10 heteroatoms. The average Bonchev–Trinajstić information content (AvgIpc) is 3.57. The Kier molecular flexibility index (Phi) is 63.3. The Labute approximate surface area is 540 Å². The number of phosphoric acid groups is 1. The number of likely N-dealkylation sites (N-methyl/N-ethyl adjacent to an activating group) is 1. The number of hydrogen-bond acceptors (Lipinski definition) is 7. The van der Waals surface area contributed by atoms with Crippen LogP contribution in [0.25, 0.3) is 0 Å². The van der Waals surface area contributed by atoms with E-state index in [0.29, 0.717) is 17.4 Å². The molecule has 9 nitrogen and oxygen atoms in total. The summed E-state index contributed by atoms with van der Waals surface area (Å²) in [5.74, 6) is -0.834. The van der Waals surface area contributed by atoms with Crippen LogP contribution in [0, 0.1) is 0 Å². The van der Waals surface area contributed by atoms with Crippen LogP contribution >= 0.6 is 7.82 Å². The predicted octanol–water partition coefficient (Wildman–Crippen LogP) is 22.9. The molecular formula is C78H129NO8P+. The molecule has 0 aliphatic rings. The number of carbonyl (C=O) groups is 2. The number of ether oxygens (including phenoxy) is 2. The summed E-state index contributed by atoms with van der Waals surface area (Å²) in [5.41, 5.74) is 0. The number of esters is 2. The summed E-state index contributed by atoms with van der Waals surface area (Å²) in [4.78, 5) is 35.9. The molecule has 0 saturated heterocycles. The van der Waals surface area contributed by atoms with Crippen LogP contribution in [0.5, 0.6) is 0 Å². The third kappa shape index (κ3) is 70.5. The molecule has 0 aromatic rings. The summed E-state index contributed by atoms with van der Waals surface area (Å²) < 4.78 is 34.7. The first kappa shape index (κ1) is 83.4. The number of carbonyl (C=O) groups excluding carboxylic acids is 2. The van der Waals surface area contributed by atoms with Crippen molar-refractivity contribution in [2.24, 2.45) is 0 Å². The molecule has 0 bridgehead atoms. The molecule has 0 saturated carbocycles. The van der Waals surface area contributed by atoms with Crippen molar-refractivity contribution in [3.8, 4) is 0 Å². The lowest BCUT2D eigenvalue weighted by Crippen LogP contribution is -2.37. The van der Waals surface area contributed by atoms with E-state index in [2.05, 4.69) is 184 Å². The number of phosphoric ester groups is 1. The lowest BCUT2D eigenvalue weighted by atomic mass is 10.0. The van der Waals surface area contributed by atoms with E-state index < -0.39 is 26.5 Å². The van der Waals surface area contributed by atoms with Gasteiger partial charge in [0, 0.05) is 12.8 Å². The minimum atomic E-state index is -4.41. The van der Waals surface area contributed by atoms with Gasteiger partial charge in [-0.25, -0.2) is 4.57 Å². The molecule has 1 N–H and O–H groups in total. The second-order valence-electron chi connectivity index (χ2n) is 23.8. The zero-order valence-electron chi connectivity index (χ0n) is 56.6. The molecule has 0 fully saturated rings. The third-order valence-corrected chi connectivity index (χ3v) is 15.2. The van der Waals surface area contributed by atoms with Crippen LogP contribution in [-0.2, 0) is 32.7 Å². The summed E-state index contributed by atoms with van der Waals surface area (Å²) in [7, 11) is 1.44. The second kappa shape index (κ2) is 66.8. The number of hydrogen-bond donors (Lipinski definition) is 1. The van der Waals surface area contributed by atoms with Crippen LogP contribution in [0.15, 0.2) is 170 Å². The molecule has 0 radical (unpaired) electrons. The summed E-state index contributed by atoms with van der Waals surface area (Å²) >= 11 is 0. The first-order valence-corrected chi connectivity index (χ1v) is 36.4. The van der Waals surface area contributed by atoms with E-state index in [9.17, 15) is 19.0 Å². The smallest absolute Gasteiger partial charge is 0.462 e. The van der Waals surface area contributed by atoms with E-state index >= 15 is 0 Å². The predicted molar refractivity (Wildman–Crippen MR) is 380 cm³/mol. The molecule has 0 aromatic carbocycles. The van der Waals surface area contributed by atoms with Crippen molar-refractivity contribution < 1.29 is 42.1 Å². The lowest BCUT2D eigenvalue weighted by Gasteiger charge is -2.24. The summed E-state index contributed by atoms with van der Waals surface area (Å²) in [6, 6.07) is 0. The molecule has 0 rings (SSSR count). The first-order chi connectivity index (χ1) is 43.0. The van der Waals surface area contributed by atoms with Crippen molar-refractivity contribution >= 4 is 19.8 Å². The van der Waals surface area contributed by atoms with Crippen molar-refractivity contribution in [1.29, 1.82) is 0 Å². The van der Waals surface area contributed by atoms with E-state index in [4.69, 9.17) is 18.5 Å². The highest BCUT2D eigenvalue weighted by Gasteiger charge is 2.27. The number of rotatable bonds is 62. The molecule has 0 aromatic heterocycles. The molecule has 0 heterocycles. The van der Waals surface area contributed by atoms with Crippen LogP contribution in [-0.4, -0.2) is 74.9 Å². The van der Waals surface area contributed by atoms with Crippen molar-refractivity contribution in [2.45, 2.75) is 264 Å². The first-order valence-electron chi connectivity index (χ1n) is 34.9. The summed E-state index contributed by atoms with van der Waals surface area (Å²) in [6.45, 7) is 4.17. The van der Waals surface area contributed by atoms with E-state index in [-0.39, 0.29) is 32.0 Å². The Balaban J connectivity index is 4.17. The maximum atomic E-state index is 12.9. The number of unbranched alkanes of at least 4 members (excludes halogenated alkanes) is 20. The van der Waals surface area contributed by atoms with E-state index in [1.54, 1.807) is 0 Å². The fourth-order valence-corrected chi connectivity index (χ4v) is 9.72. The van der Waals surface area contributed by atoms with Crippen molar-refractivity contribution in [3.05, 3.63) is 170 Å². The zero-order valence-corrected chi connectivity index (χ0v) is 57.5. The highest BCUT2D eigenvalue weighted by atomic mass is 31.2. The Bertz CT molecular complexity index is 2090. The monoisotopic (exact) mass is 1240 g/mol. The molecule has 0 amide bonds. The van der Waals surface area contributed by atoms with Gasteiger partial charge in [-0.2, -0.15) is 0 Å². The van der Waals surface area contributed by atoms with Gasteiger partial charge in [-0.1, -0.05) is 287 Å². The van der Waals surface area contributed by atoms with Gasteiger partial charge in [0.1, 0.15) is 19.8 Å². The Morgan fingerprint density at radius 2 is 0.614 bits per heavy atom. The number of nitrogens with zero attached hydrogens (tertiary/aromatic N) is 1. The van der Waals surface area contributed by atoms with Crippen molar-refractivity contribution in [1.82, 2.24) is 0 Å². The SMILES string of the molecule is CC/C=C\C/C=C\C/C=C\C/C=C\C/C=C\C/C=C\C/C=C\C/C=C\C/C=C\C/C=C\CCCCCCC(=O)OC(COC(=O)CCCCCCCCCCCCCCCCCC/C=C\C/C=C\C/C=C\C/C=C\CC)COP(=O)(O)OCC[N+](C)(C)C. The maximum Gasteiger partial charge on any atom is 0.472 e. The van der Waals surface area contributed by atoms with Gasteiger partial charge in [0.05, 0.1) is 27.7 Å². The highest BCUT2D eigenvalue weighted by molar-refractivity contribution is 7.47. The second-order valence-corrected chi connectivity index (χ2v) is 25.3. The van der Waals surface area contributed by atoms with Gasteiger partial charge in [0.25, 0.3) is 0 Å². The van der Waals surface area contributed by atoms with Gasteiger partial charge >= 0.3 is 19.8 Å². The van der Waals surface area contributed by atoms with Crippen LogP contribution in [0.4, 0.5) is 0 Å². The van der Waals surface area contributed by atoms with Crippen LogP contribution in [0.3, 0.4) is 0 Å². The van der Waals surface area contributed by atoms with Gasteiger partial charge in [-0.05, 0) is 128 Å². The summed E-state index contributed by atoms with van der Waals surface area (Å²) in [5, 5.41) is 0. The molecule has 2 atom stereocenters. The Morgan fingerprint density at radius 1 is 0.352 bits per heavy atom. The van der Waals surface area contributed by atoms with Gasteiger partial charge in [-0.3, -0.25) is 18.6 Å². The molecule has 0 aliphatic carbocycles. The van der Waals surface area contributed by atoms with Gasteiger partial charge in [0.2, 0.25) is 0 Å². The lowest BCUT2D eigenvalue weighted by molar-refractivity contribution is -0.870. The van der Waals surface area contributed by atoms with E-state index in [1.165, 1.54) is 89.9 Å². The van der Waals surface area contributed by atoms with Crippen molar-refractivity contribution in [3.63, 3.8) is 0 Å². The van der Waals surface area contributed by atoms with Crippen LogP contribution in [0.1, 0.15) is 258 Å². The topological polar surface area (TPSA) is 108 Å².